The predicted octanol–water partition coefficient (Wildman–Crippen LogP) is 3.92. The molecule has 2 rings (SSSR count). The van der Waals surface area contributed by atoms with Crippen molar-refractivity contribution in [3.8, 4) is 0 Å². The molecular weight excluding hydrogens is 168 g/mol. The van der Waals surface area contributed by atoms with E-state index in [4.69, 9.17) is 0 Å². The molecule has 0 heteroatoms. The molecule has 0 saturated carbocycles. The molecule has 14 heavy (non-hydrogen) atoms. The maximum Gasteiger partial charge on any atom is 0.0173 e. The molecule has 0 saturated heterocycles. The Labute approximate surface area is 87.3 Å². The highest BCUT2D eigenvalue weighted by Gasteiger charge is 2.22. The van der Waals surface area contributed by atoms with E-state index in [0.717, 1.165) is 6.42 Å². The number of benzene rings is 1. The lowest BCUT2D eigenvalue weighted by atomic mass is 9.85. The van der Waals surface area contributed by atoms with Crippen molar-refractivity contribution < 1.29 is 0 Å². The zero-order chi connectivity index (χ0) is 10.3. The Morgan fingerprint density at radius 2 is 2.00 bits per heavy atom. The Kier molecular flexibility index (Phi) is 2.17. The molecule has 0 aliphatic heterocycles. The lowest BCUT2D eigenvalue weighted by molar-refractivity contribution is 0.588. The first-order valence-electron chi connectivity index (χ1n) is 5.37. The van der Waals surface area contributed by atoms with Crippen LogP contribution in [0.5, 0.6) is 0 Å². The Balaban J connectivity index is 2.45. The molecule has 0 N–H and O–H groups in total. The average molecular weight is 186 g/mol. The summed E-state index contributed by atoms with van der Waals surface area (Å²) in [5.41, 5.74) is 4.51. The van der Waals surface area contributed by atoms with E-state index in [1.807, 2.05) is 0 Å². The SMILES string of the molecule is C[C@@H]1C[C]c2ccc(C(C)(C)C)cc21. The second-order valence-corrected chi connectivity index (χ2v) is 5.33. The van der Waals surface area contributed by atoms with Gasteiger partial charge in [-0.05, 0) is 34.4 Å². The summed E-state index contributed by atoms with van der Waals surface area (Å²) in [6, 6.07) is 6.82. The Morgan fingerprint density at radius 3 is 2.64 bits per heavy atom. The largest absolute Gasteiger partial charge is 0.0584 e. The topological polar surface area (TPSA) is 0 Å². The Hall–Kier alpha value is -0.780. The van der Waals surface area contributed by atoms with Gasteiger partial charge >= 0.3 is 0 Å². The molecule has 74 valence electrons. The van der Waals surface area contributed by atoms with Gasteiger partial charge in [0.1, 0.15) is 0 Å². The normalized spacial score (nSPS) is 21.0. The first-order valence-corrected chi connectivity index (χ1v) is 5.37. The Bertz CT molecular complexity index is 342. The van der Waals surface area contributed by atoms with Crippen LogP contribution in [0.1, 0.15) is 56.7 Å². The molecule has 0 amide bonds. The van der Waals surface area contributed by atoms with Gasteiger partial charge in [-0.25, -0.2) is 0 Å². The third-order valence-electron chi connectivity index (χ3n) is 3.05. The smallest absolute Gasteiger partial charge is 0.0173 e. The summed E-state index contributed by atoms with van der Waals surface area (Å²) >= 11 is 0. The van der Waals surface area contributed by atoms with Gasteiger partial charge in [0.15, 0.2) is 0 Å². The molecule has 0 unspecified atom stereocenters. The summed E-state index contributed by atoms with van der Waals surface area (Å²) in [4.78, 5) is 0. The zero-order valence-corrected chi connectivity index (χ0v) is 9.52. The van der Waals surface area contributed by atoms with Crippen LogP contribution in [-0.2, 0) is 5.41 Å². The van der Waals surface area contributed by atoms with E-state index in [0.29, 0.717) is 5.92 Å². The molecule has 1 atom stereocenters. The van der Waals surface area contributed by atoms with Crippen LogP contribution in [-0.4, -0.2) is 0 Å². The zero-order valence-electron chi connectivity index (χ0n) is 9.52. The summed E-state index contributed by atoms with van der Waals surface area (Å²) in [5.74, 6) is 0.660. The fourth-order valence-electron chi connectivity index (χ4n) is 1.97. The molecule has 0 bridgehead atoms. The van der Waals surface area contributed by atoms with Crippen LogP contribution in [0.25, 0.3) is 0 Å². The maximum absolute atomic E-state index is 3.43. The van der Waals surface area contributed by atoms with Gasteiger partial charge in [-0.3, -0.25) is 0 Å². The molecule has 0 aromatic heterocycles. The van der Waals surface area contributed by atoms with Gasteiger partial charge in [-0.2, -0.15) is 0 Å². The highest BCUT2D eigenvalue weighted by atomic mass is 14.3. The van der Waals surface area contributed by atoms with Crippen molar-refractivity contribution in [1.29, 1.82) is 0 Å². The van der Waals surface area contributed by atoms with Crippen molar-refractivity contribution in [2.45, 2.75) is 45.4 Å². The van der Waals surface area contributed by atoms with Crippen molar-refractivity contribution in [3.63, 3.8) is 0 Å². The van der Waals surface area contributed by atoms with Gasteiger partial charge in [-0.1, -0.05) is 45.9 Å². The van der Waals surface area contributed by atoms with E-state index in [9.17, 15) is 0 Å². The van der Waals surface area contributed by atoms with E-state index in [1.165, 1.54) is 16.7 Å². The van der Waals surface area contributed by atoms with Gasteiger partial charge < -0.3 is 0 Å². The van der Waals surface area contributed by atoms with Crippen LogP contribution in [0, 0.1) is 6.42 Å². The summed E-state index contributed by atoms with van der Waals surface area (Å²) < 4.78 is 0. The number of rotatable bonds is 0. The monoisotopic (exact) mass is 186 g/mol. The third-order valence-corrected chi connectivity index (χ3v) is 3.05. The lowest BCUT2D eigenvalue weighted by Crippen LogP contribution is -2.11. The molecule has 1 aromatic rings. The minimum Gasteiger partial charge on any atom is -0.0584 e. The summed E-state index contributed by atoms with van der Waals surface area (Å²) in [6.45, 7) is 9.08. The standard InChI is InChI=1S/C14H18/c1-10-5-6-11-7-8-12(9-13(10)11)14(2,3)4/h7-10H,5H2,1-4H3/t10-/m1/s1. The van der Waals surface area contributed by atoms with Crippen LogP contribution in [0.4, 0.5) is 0 Å². The second-order valence-electron chi connectivity index (χ2n) is 5.33. The summed E-state index contributed by atoms with van der Waals surface area (Å²) in [7, 11) is 0. The minimum atomic E-state index is 0.261. The van der Waals surface area contributed by atoms with Crippen molar-refractivity contribution in [2.24, 2.45) is 0 Å². The van der Waals surface area contributed by atoms with Crippen LogP contribution < -0.4 is 0 Å². The highest BCUT2D eigenvalue weighted by Crippen LogP contribution is 2.36. The van der Waals surface area contributed by atoms with Gasteiger partial charge in [0.25, 0.3) is 0 Å². The minimum absolute atomic E-state index is 0.261. The number of fused-ring (bicyclic) bond motifs is 1. The maximum atomic E-state index is 3.43. The van der Waals surface area contributed by atoms with E-state index < -0.39 is 0 Å². The van der Waals surface area contributed by atoms with Crippen molar-refractivity contribution in [2.75, 3.05) is 0 Å². The first-order chi connectivity index (χ1) is 6.48. The van der Waals surface area contributed by atoms with E-state index in [-0.39, 0.29) is 5.41 Å². The third kappa shape index (κ3) is 1.58. The number of hydrogen-bond acceptors (Lipinski definition) is 0. The molecule has 0 nitrogen and oxygen atoms in total. The molecule has 0 spiro atoms. The molecule has 2 radical (unpaired) electrons. The molecule has 0 fully saturated rings. The van der Waals surface area contributed by atoms with Crippen molar-refractivity contribution in [1.82, 2.24) is 0 Å². The van der Waals surface area contributed by atoms with Crippen molar-refractivity contribution >= 4 is 0 Å². The predicted molar refractivity (Wildman–Crippen MR) is 60.5 cm³/mol. The van der Waals surface area contributed by atoms with Crippen LogP contribution in [0.3, 0.4) is 0 Å². The van der Waals surface area contributed by atoms with E-state index in [1.54, 1.807) is 0 Å². The summed E-state index contributed by atoms with van der Waals surface area (Å²) in [6.07, 6.45) is 4.51. The molecule has 1 aromatic carbocycles. The Morgan fingerprint density at radius 1 is 1.29 bits per heavy atom. The number of hydrogen-bond donors (Lipinski definition) is 0. The van der Waals surface area contributed by atoms with Gasteiger partial charge in [0, 0.05) is 6.42 Å². The lowest BCUT2D eigenvalue weighted by Gasteiger charge is -2.20. The summed E-state index contributed by atoms with van der Waals surface area (Å²) in [5, 5.41) is 0. The average Bonchev–Trinajstić information content (AvgIpc) is 2.46. The molecule has 1 aliphatic rings. The molecular formula is C14H18. The second kappa shape index (κ2) is 3.12. The van der Waals surface area contributed by atoms with Crippen LogP contribution in [0.15, 0.2) is 18.2 Å². The highest BCUT2D eigenvalue weighted by molar-refractivity contribution is 5.44. The van der Waals surface area contributed by atoms with E-state index in [2.05, 4.69) is 52.3 Å². The quantitative estimate of drug-likeness (QED) is 0.576. The van der Waals surface area contributed by atoms with Crippen LogP contribution >= 0.6 is 0 Å². The first kappa shape index (κ1) is 9.76. The van der Waals surface area contributed by atoms with Gasteiger partial charge in [0.2, 0.25) is 0 Å². The van der Waals surface area contributed by atoms with E-state index >= 15 is 0 Å². The fraction of sp³-hybridized carbons (Fsp3) is 0.500. The fourth-order valence-corrected chi connectivity index (χ4v) is 1.97. The van der Waals surface area contributed by atoms with Gasteiger partial charge in [-0.15, -0.1) is 0 Å². The van der Waals surface area contributed by atoms with Crippen molar-refractivity contribution in [3.05, 3.63) is 41.3 Å². The van der Waals surface area contributed by atoms with Gasteiger partial charge in [0.05, 0.1) is 0 Å². The molecule has 0 heterocycles. The molecule has 1 aliphatic carbocycles. The van der Waals surface area contributed by atoms with Crippen LogP contribution in [0.2, 0.25) is 0 Å².